The van der Waals surface area contributed by atoms with Crippen LogP contribution < -0.4 is 11.1 Å². The molecule has 0 aliphatic carbocycles. The average Bonchev–Trinajstić information content (AvgIpc) is 2.97. The number of nitrogens with one attached hydrogen (secondary N) is 1. The Kier molecular flexibility index (Phi) is 3.35. The maximum absolute atomic E-state index is 5.78. The molecule has 0 saturated heterocycles. The summed E-state index contributed by atoms with van der Waals surface area (Å²) in [6.45, 7) is 0.536. The molecule has 3 rings (SSSR count). The zero-order chi connectivity index (χ0) is 13.9. The van der Waals surface area contributed by atoms with E-state index < -0.39 is 0 Å². The van der Waals surface area contributed by atoms with Crippen LogP contribution in [-0.4, -0.2) is 9.97 Å². The molecule has 0 radical (unpaired) electrons. The summed E-state index contributed by atoms with van der Waals surface area (Å²) in [6.07, 6.45) is 1.64. The van der Waals surface area contributed by atoms with Gasteiger partial charge in [-0.05, 0) is 24.3 Å². The second-order valence-electron chi connectivity index (χ2n) is 4.37. The summed E-state index contributed by atoms with van der Waals surface area (Å²) >= 11 is 5.10. The highest BCUT2D eigenvalue weighted by molar-refractivity contribution is 7.80. The van der Waals surface area contributed by atoms with Gasteiger partial charge in [0.1, 0.15) is 16.6 Å². The van der Waals surface area contributed by atoms with Gasteiger partial charge in [-0.15, -0.1) is 0 Å². The standard InChI is InChI=1S/C15H13N3OS/c16-14(20)12-8-10-4-1-2-6-13(10)18-15(12)17-9-11-5-3-7-19-11/h1-8H,9H2,(H2,16,20)(H,17,18). The Labute approximate surface area is 121 Å². The predicted octanol–water partition coefficient (Wildman–Crippen LogP) is 3.07. The lowest BCUT2D eigenvalue weighted by Crippen LogP contribution is -2.14. The number of nitrogens with two attached hydrogens (primary N) is 1. The third kappa shape index (κ3) is 2.48. The van der Waals surface area contributed by atoms with Gasteiger partial charge in [-0.3, -0.25) is 0 Å². The van der Waals surface area contributed by atoms with Crippen molar-refractivity contribution >= 4 is 33.9 Å². The molecule has 0 fully saturated rings. The van der Waals surface area contributed by atoms with Crippen LogP contribution in [0.5, 0.6) is 0 Å². The van der Waals surface area contributed by atoms with E-state index >= 15 is 0 Å². The van der Waals surface area contributed by atoms with Crippen LogP contribution in [0.25, 0.3) is 10.9 Å². The fourth-order valence-electron chi connectivity index (χ4n) is 2.02. The molecule has 1 aromatic carbocycles. The van der Waals surface area contributed by atoms with Gasteiger partial charge in [-0.1, -0.05) is 30.4 Å². The Morgan fingerprint density at radius 3 is 2.85 bits per heavy atom. The molecule has 2 heterocycles. The predicted molar refractivity (Wildman–Crippen MR) is 83.7 cm³/mol. The van der Waals surface area contributed by atoms with Crippen molar-refractivity contribution in [1.82, 2.24) is 4.98 Å². The summed E-state index contributed by atoms with van der Waals surface area (Å²) in [5.74, 6) is 1.50. The van der Waals surface area contributed by atoms with E-state index in [-0.39, 0.29) is 0 Å². The van der Waals surface area contributed by atoms with Crippen LogP contribution in [0.3, 0.4) is 0 Å². The molecule has 0 amide bonds. The Balaban J connectivity index is 1.98. The Morgan fingerprint density at radius 2 is 2.10 bits per heavy atom. The lowest BCUT2D eigenvalue weighted by atomic mass is 10.1. The molecule has 2 aromatic heterocycles. The normalized spacial score (nSPS) is 10.6. The van der Waals surface area contributed by atoms with Crippen LogP contribution in [0.15, 0.2) is 53.1 Å². The minimum Gasteiger partial charge on any atom is -0.467 e. The Hall–Kier alpha value is -2.40. The van der Waals surface area contributed by atoms with Crippen LogP contribution in [-0.2, 0) is 6.54 Å². The van der Waals surface area contributed by atoms with Crippen molar-refractivity contribution in [2.45, 2.75) is 6.54 Å². The van der Waals surface area contributed by atoms with Gasteiger partial charge in [0.05, 0.1) is 23.9 Å². The van der Waals surface area contributed by atoms with E-state index in [2.05, 4.69) is 10.3 Å². The van der Waals surface area contributed by atoms with E-state index in [0.717, 1.165) is 22.2 Å². The molecule has 20 heavy (non-hydrogen) atoms. The van der Waals surface area contributed by atoms with Crippen molar-refractivity contribution in [2.75, 3.05) is 5.32 Å². The number of aromatic nitrogens is 1. The average molecular weight is 283 g/mol. The SMILES string of the molecule is NC(=S)c1cc2ccccc2nc1NCc1ccco1. The number of fused-ring (bicyclic) bond motifs is 1. The second kappa shape index (κ2) is 5.30. The van der Waals surface area contributed by atoms with Crippen molar-refractivity contribution in [2.24, 2.45) is 5.73 Å². The molecular formula is C15H13N3OS. The number of nitrogens with zero attached hydrogens (tertiary/aromatic N) is 1. The molecule has 3 N–H and O–H groups in total. The van der Waals surface area contributed by atoms with Crippen molar-refractivity contribution < 1.29 is 4.42 Å². The number of para-hydroxylation sites is 1. The molecule has 0 atom stereocenters. The van der Waals surface area contributed by atoms with Crippen LogP contribution in [0.4, 0.5) is 5.82 Å². The highest BCUT2D eigenvalue weighted by atomic mass is 32.1. The second-order valence-corrected chi connectivity index (χ2v) is 4.81. The van der Waals surface area contributed by atoms with Gasteiger partial charge in [0, 0.05) is 5.39 Å². The molecule has 0 bridgehead atoms. The lowest BCUT2D eigenvalue weighted by Gasteiger charge is -2.11. The van der Waals surface area contributed by atoms with Crippen molar-refractivity contribution in [3.8, 4) is 0 Å². The van der Waals surface area contributed by atoms with E-state index in [4.69, 9.17) is 22.4 Å². The molecule has 0 aliphatic heterocycles. The molecule has 0 saturated carbocycles. The minimum absolute atomic E-state index is 0.324. The third-order valence-corrected chi connectivity index (χ3v) is 3.22. The maximum atomic E-state index is 5.78. The van der Waals surface area contributed by atoms with Crippen molar-refractivity contribution in [3.05, 3.63) is 60.1 Å². The van der Waals surface area contributed by atoms with Gasteiger partial charge < -0.3 is 15.5 Å². The van der Waals surface area contributed by atoms with Gasteiger partial charge in [0.2, 0.25) is 0 Å². The highest BCUT2D eigenvalue weighted by Crippen LogP contribution is 2.21. The molecular weight excluding hydrogens is 270 g/mol. The van der Waals surface area contributed by atoms with Gasteiger partial charge in [-0.2, -0.15) is 0 Å². The fourth-order valence-corrected chi connectivity index (χ4v) is 2.18. The number of furan rings is 1. The highest BCUT2D eigenvalue weighted by Gasteiger charge is 2.09. The molecule has 4 nitrogen and oxygen atoms in total. The zero-order valence-electron chi connectivity index (χ0n) is 10.7. The van der Waals surface area contributed by atoms with Crippen LogP contribution >= 0.6 is 12.2 Å². The number of anilines is 1. The summed E-state index contributed by atoms with van der Waals surface area (Å²) in [7, 11) is 0. The zero-order valence-corrected chi connectivity index (χ0v) is 11.5. The van der Waals surface area contributed by atoms with Gasteiger partial charge in [-0.25, -0.2) is 4.98 Å². The Morgan fingerprint density at radius 1 is 1.25 bits per heavy atom. The molecule has 100 valence electrons. The molecule has 3 aromatic rings. The smallest absolute Gasteiger partial charge is 0.137 e. The van der Waals surface area contributed by atoms with Gasteiger partial charge in [0.15, 0.2) is 0 Å². The third-order valence-electron chi connectivity index (χ3n) is 3.00. The summed E-state index contributed by atoms with van der Waals surface area (Å²) in [5, 5.41) is 4.23. The number of benzene rings is 1. The van der Waals surface area contributed by atoms with Crippen LogP contribution in [0.2, 0.25) is 0 Å². The summed E-state index contributed by atoms with van der Waals surface area (Å²) in [5.41, 5.74) is 7.42. The summed E-state index contributed by atoms with van der Waals surface area (Å²) < 4.78 is 5.29. The number of hydrogen-bond donors (Lipinski definition) is 2. The van der Waals surface area contributed by atoms with Gasteiger partial charge in [0.25, 0.3) is 0 Å². The first-order valence-corrected chi connectivity index (χ1v) is 6.61. The topological polar surface area (TPSA) is 64.1 Å². The lowest BCUT2D eigenvalue weighted by molar-refractivity contribution is 0.518. The van der Waals surface area contributed by atoms with E-state index in [1.54, 1.807) is 6.26 Å². The van der Waals surface area contributed by atoms with Gasteiger partial charge >= 0.3 is 0 Å². The van der Waals surface area contributed by atoms with E-state index in [0.29, 0.717) is 17.4 Å². The number of pyridine rings is 1. The first-order chi connectivity index (χ1) is 9.74. The fraction of sp³-hybridized carbons (Fsp3) is 0.0667. The maximum Gasteiger partial charge on any atom is 0.137 e. The molecule has 5 heteroatoms. The monoisotopic (exact) mass is 283 g/mol. The minimum atomic E-state index is 0.324. The van der Waals surface area contributed by atoms with E-state index in [1.807, 2.05) is 42.5 Å². The van der Waals surface area contributed by atoms with Crippen molar-refractivity contribution in [1.29, 1.82) is 0 Å². The number of hydrogen-bond acceptors (Lipinski definition) is 4. The molecule has 0 aliphatic rings. The molecule has 0 spiro atoms. The molecule has 0 unspecified atom stereocenters. The first kappa shape index (κ1) is 12.6. The number of rotatable bonds is 4. The summed E-state index contributed by atoms with van der Waals surface area (Å²) in [4.78, 5) is 4.90. The quantitative estimate of drug-likeness (QED) is 0.720. The largest absolute Gasteiger partial charge is 0.467 e. The first-order valence-electron chi connectivity index (χ1n) is 6.20. The van der Waals surface area contributed by atoms with Crippen molar-refractivity contribution in [3.63, 3.8) is 0 Å². The van der Waals surface area contributed by atoms with Crippen LogP contribution in [0, 0.1) is 0 Å². The van der Waals surface area contributed by atoms with E-state index in [1.165, 1.54) is 0 Å². The summed E-state index contributed by atoms with van der Waals surface area (Å²) in [6, 6.07) is 13.6. The van der Waals surface area contributed by atoms with Crippen LogP contribution in [0.1, 0.15) is 11.3 Å². The Bertz CT molecular complexity index is 753. The number of thiocarbonyl (C=S) groups is 1. The van der Waals surface area contributed by atoms with E-state index in [9.17, 15) is 0 Å².